The lowest BCUT2D eigenvalue weighted by Crippen LogP contribution is -2.34. The van der Waals surface area contributed by atoms with Crippen molar-refractivity contribution in [1.29, 1.82) is 0 Å². The summed E-state index contributed by atoms with van der Waals surface area (Å²) in [6, 6.07) is 11.0. The summed E-state index contributed by atoms with van der Waals surface area (Å²) in [5.41, 5.74) is 0.364. The summed E-state index contributed by atoms with van der Waals surface area (Å²) in [6.07, 6.45) is 0. The Morgan fingerprint density at radius 1 is 1.05 bits per heavy atom. The Balaban J connectivity index is 2.43. The lowest BCUT2D eigenvalue weighted by molar-refractivity contribution is 0.637. The second-order valence-electron chi connectivity index (χ2n) is 4.57. The first kappa shape index (κ1) is 12.3. The molecule has 0 aliphatic rings. The number of rotatable bonds is 1. The minimum absolute atomic E-state index is 0.118. The molecule has 0 fully saturated rings. The van der Waals surface area contributed by atoms with E-state index < -0.39 is 17.1 Å². The van der Waals surface area contributed by atoms with Crippen LogP contribution in [-0.4, -0.2) is 9.55 Å². The Hall–Kier alpha value is -2.69. The number of fused-ring (bicyclic) bond motifs is 1. The molecule has 1 N–H and O–H groups in total. The molecule has 5 heteroatoms. The Bertz CT molecular complexity index is 908. The SMILES string of the molecule is Cc1ccc(-n2c(=O)[nH]c3cccc(F)c3c2=O)cc1. The number of hydrogen-bond acceptors (Lipinski definition) is 2. The van der Waals surface area contributed by atoms with Gasteiger partial charge in [0.2, 0.25) is 0 Å². The number of halogens is 1. The van der Waals surface area contributed by atoms with Gasteiger partial charge < -0.3 is 4.98 Å². The highest BCUT2D eigenvalue weighted by Crippen LogP contribution is 2.11. The Morgan fingerprint density at radius 2 is 1.75 bits per heavy atom. The first-order valence-electron chi connectivity index (χ1n) is 6.08. The average Bonchev–Trinajstić information content (AvgIpc) is 2.40. The van der Waals surface area contributed by atoms with Crippen molar-refractivity contribution in [3.05, 3.63) is 74.7 Å². The van der Waals surface area contributed by atoms with Gasteiger partial charge in [0.25, 0.3) is 5.56 Å². The van der Waals surface area contributed by atoms with Gasteiger partial charge in [0.1, 0.15) is 5.82 Å². The van der Waals surface area contributed by atoms with E-state index in [0.717, 1.165) is 10.1 Å². The van der Waals surface area contributed by atoms with Crippen LogP contribution in [0.4, 0.5) is 4.39 Å². The zero-order chi connectivity index (χ0) is 14.3. The van der Waals surface area contributed by atoms with Gasteiger partial charge in [0.15, 0.2) is 0 Å². The summed E-state index contributed by atoms with van der Waals surface area (Å²) in [7, 11) is 0. The summed E-state index contributed by atoms with van der Waals surface area (Å²) < 4.78 is 14.7. The van der Waals surface area contributed by atoms with Gasteiger partial charge in [0.05, 0.1) is 16.6 Å². The molecule has 0 spiro atoms. The van der Waals surface area contributed by atoms with Gasteiger partial charge in [-0.15, -0.1) is 0 Å². The van der Waals surface area contributed by atoms with Crippen molar-refractivity contribution < 1.29 is 4.39 Å². The van der Waals surface area contributed by atoms with Gasteiger partial charge >= 0.3 is 5.69 Å². The molecule has 3 aromatic rings. The topological polar surface area (TPSA) is 54.9 Å². The van der Waals surface area contributed by atoms with Crippen LogP contribution in [0.15, 0.2) is 52.1 Å². The molecule has 0 radical (unpaired) electrons. The number of nitrogens with zero attached hydrogens (tertiary/aromatic N) is 1. The van der Waals surface area contributed by atoms with Gasteiger partial charge in [-0.25, -0.2) is 13.8 Å². The molecule has 4 nitrogen and oxygen atoms in total. The van der Waals surface area contributed by atoms with Crippen molar-refractivity contribution in [2.45, 2.75) is 6.92 Å². The monoisotopic (exact) mass is 270 g/mol. The number of aromatic amines is 1. The van der Waals surface area contributed by atoms with Gasteiger partial charge in [-0.05, 0) is 31.2 Å². The molecule has 3 rings (SSSR count). The molecule has 1 aromatic heterocycles. The van der Waals surface area contributed by atoms with E-state index in [1.165, 1.54) is 18.2 Å². The molecule has 100 valence electrons. The highest BCUT2D eigenvalue weighted by Gasteiger charge is 2.12. The van der Waals surface area contributed by atoms with Gasteiger partial charge in [-0.2, -0.15) is 0 Å². The van der Waals surface area contributed by atoms with Crippen LogP contribution >= 0.6 is 0 Å². The molecule has 1 heterocycles. The molecular weight excluding hydrogens is 259 g/mol. The Labute approximate surface area is 113 Å². The molecule has 0 unspecified atom stereocenters. The van der Waals surface area contributed by atoms with Crippen LogP contribution in [-0.2, 0) is 0 Å². The van der Waals surface area contributed by atoms with Crippen LogP contribution < -0.4 is 11.2 Å². The van der Waals surface area contributed by atoms with Crippen LogP contribution in [0.25, 0.3) is 16.6 Å². The maximum Gasteiger partial charge on any atom is 0.333 e. The van der Waals surface area contributed by atoms with E-state index in [9.17, 15) is 14.0 Å². The maximum absolute atomic E-state index is 13.8. The molecule has 0 aliphatic carbocycles. The quantitative estimate of drug-likeness (QED) is 0.736. The van der Waals surface area contributed by atoms with Crippen molar-refractivity contribution in [3.8, 4) is 5.69 Å². The normalized spacial score (nSPS) is 10.9. The number of hydrogen-bond donors (Lipinski definition) is 1. The van der Waals surface area contributed by atoms with Crippen LogP contribution in [0.5, 0.6) is 0 Å². The lowest BCUT2D eigenvalue weighted by atomic mass is 10.2. The number of nitrogens with one attached hydrogen (secondary N) is 1. The van der Waals surface area contributed by atoms with Crippen molar-refractivity contribution in [3.63, 3.8) is 0 Å². The molecular formula is C15H11FN2O2. The average molecular weight is 270 g/mol. The van der Waals surface area contributed by atoms with Gasteiger partial charge in [-0.3, -0.25) is 4.79 Å². The fourth-order valence-electron chi connectivity index (χ4n) is 2.15. The minimum Gasteiger partial charge on any atom is -0.306 e. The second-order valence-corrected chi connectivity index (χ2v) is 4.57. The zero-order valence-corrected chi connectivity index (χ0v) is 10.7. The van der Waals surface area contributed by atoms with E-state index in [1.807, 2.05) is 6.92 Å². The largest absolute Gasteiger partial charge is 0.333 e. The zero-order valence-electron chi connectivity index (χ0n) is 10.7. The summed E-state index contributed by atoms with van der Waals surface area (Å²) in [6.45, 7) is 1.90. The van der Waals surface area contributed by atoms with Crippen LogP contribution in [0.1, 0.15) is 5.56 Å². The number of H-pyrrole nitrogens is 1. The van der Waals surface area contributed by atoms with Gasteiger partial charge in [0, 0.05) is 0 Å². The standard InChI is InChI=1S/C15H11FN2O2/c1-9-5-7-10(8-6-9)18-14(19)13-11(16)3-2-4-12(13)17-15(18)20/h2-8H,1H3,(H,17,20). The maximum atomic E-state index is 13.8. The van der Waals surface area contributed by atoms with E-state index in [4.69, 9.17) is 0 Å². The number of aromatic nitrogens is 2. The highest BCUT2D eigenvalue weighted by atomic mass is 19.1. The smallest absolute Gasteiger partial charge is 0.306 e. The van der Waals surface area contributed by atoms with E-state index in [0.29, 0.717) is 5.69 Å². The van der Waals surface area contributed by atoms with E-state index in [1.54, 1.807) is 24.3 Å². The Kier molecular flexibility index (Phi) is 2.75. The summed E-state index contributed by atoms with van der Waals surface area (Å²) in [4.78, 5) is 26.9. The van der Waals surface area contributed by atoms with Crippen molar-refractivity contribution in [2.75, 3.05) is 0 Å². The predicted octanol–water partition coefficient (Wildman–Crippen LogP) is 2.13. The number of benzene rings is 2. The van der Waals surface area contributed by atoms with Crippen LogP contribution in [0, 0.1) is 12.7 Å². The van der Waals surface area contributed by atoms with Crippen molar-refractivity contribution >= 4 is 10.9 Å². The summed E-state index contributed by atoms with van der Waals surface area (Å²) >= 11 is 0. The minimum atomic E-state index is -0.661. The molecule has 2 aromatic carbocycles. The highest BCUT2D eigenvalue weighted by molar-refractivity contribution is 5.78. The first-order chi connectivity index (χ1) is 9.58. The van der Waals surface area contributed by atoms with E-state index in [-0.39, 0.29) is 10.9 Å². The Morgan fingerprint density at radius 3 is 2.45 bits per heavy atom. The summed E-state index contributed by atoms with van der Waals surface area (Å²) in [5, 5.41) is -0.118. The predicted molar refractivity (Wildman–Crippen MR) is 74.9 cm³/mol. The van der Waals surface area contributed by atoms with Crippen LogP contribution in [0.2, 0.25) is 0 Å². The third-order valence-corrected chi connectivity index (χ3v) is 3.17. The third-order valence-electron chi connectivity index (χ3n) is 3.17. The fraction of sp³-hybridized carbons (Fsp3) is 0.0667. The number of aryl methyl sites for hydroxylation is 1. The second kappa shape index (κ2) is 4.45. The third kappa shape index (κ3) is 1.84. The van der Waals surface area contributed by atoms with Crippen molar-refractivity contribution in [1.82, 2.24) is 9.55 Å². The molecule has 20 heavy (non-hydrogen) atoms. The molecule has 0 saturated heterocycles. The molecule has 0 atom stereocenters. The molecule has 0 amide bonds. The van der Waals surface area contributed by atoms with E-state index >= 15 is 0 Å². The molecule has 0 aliphatic heterocycles. The van der Waals surface area contributed by atoms with Gasteiger partial charge in [-0.1, -0.05) is 23.8 Å². The molecule has 0 saturated carbocycles. The summed E-state index contributed by atoms with van der Waals surface area (Å²) in [5.74, 6) is -0.649. The van der Waals surface area contributed by atoms with Crippen molar-refractivity contribution in [2.24, 2.45) is 0 Å². The van der Waals surface area contributed by atoms with E-state index in [2.05, 4.69) is 4.98 Å². The fourth-order valence-corrected chi connectivity index (χ4v) is 2.15. The lowest BCUT2D eigenvalue weighted by Gasteiger charge is -2.07. The molecule has 0 bridgehead atoms. The van der Waals surface area contributed by atoms with Crippen LogP contribution in [0.3, 0.4) is 0 Å². The first-order valence-corrected chi connectivity index (χ1v) is 6.08.